The molecule has 0 aromatic carbocycles. The van der Waals surface area contributed by atoms with E-state index in [0.29, 0.717) is 5.75 Å². The summed E-state index contributed by atoms with van der Waals surface area (Å²) in [4.78, 5) is 14.7. The van der Waals surface area contributed by atoms with E-state index in [1.807, 2.05) is 0 Å². The van der Waals surface area contributed by atoms with Gasteiger partial charge in [-0.15, -0.1) is 0 Å². The average Bonchev–Trinajstić information content (AvgIpc) is 2.59. The van der Waals surface area contributed by atoms with Crippen LogP contribution in [0.5, 0.6) is 5.75 Å². The van der Waals surface area contributed by atoms with Gasteiger partial charge in [-0.2, -0.15) is 5.10 Å². The summed E-state index contributed by atoms with van der Waals surface area (Å²) in [5.74, 6) is -0.761. The molecule has 0 amide bonds. The second kappa shape index (κ2) is 3.39. The molecule has 0 atom stereocenters. The van der Waals surface area contributed by atoms with Crippen LogP contribution in [0.1, 0.15) is 10.4 Å². The van der Waals surface area contributed by atoms with Crippen LogP contribution >= 0.6 is 11.6 Å². The lowest BCUT2D eigenvalue weighted by Gasteiger charge is -2.02. The monoisotopic (exact) mass is 227 g/mol. The molecule has 2 aromatic rings. The van der Waals surface area contributed by atoms with Gasteiger partial charge in [0.15, 0.2) is 16.5 Å². The van der Waals surface area contributed by atoms with Crippen molar-refractivity contribution >= 4 is 23.2 Å². The number of carboxylic acids is 1. The zero-order valence-electron chi connectivity index (χ0n) is 7.64. The van der Waals surface area contributed by atoms with Crippen molar-refractivity contribution in [3.63, 3.8) is 0 Å². The van der Waals surface area contributed by atoms with Gasteiger partial charge in [0.05, 0.1) is 19.5 Å². The molecule has 0 bridgehead atoms. The van der Waals surface area contributed by atoms with Gasteiger partial charge >= 0.3 is 5.97 Å². The first-order chi connectivity index (χ1) is 7.13. The van der Waals surface area contributed by atoms with Crippen LogP contribution in [0.15, 0.2) is 12.4 Å². The summed E-state index contributed by atoms with van der Waals surface area (Å²) in [5, 5.41) is 12.8. The molecular formula is C8H6ClN3O3. The molecule has 1 N–H and O–H groups in total. The molecule has 6 nitrogen and oxygen atoms in total. The van der Waals surface area contributed by atoms with E-state index in [0.717, 1.165) is 0 Å². The van der Waals surface area contributed by atoms with E-state index in [1.165, 1.54) is 24.0 Å². The molecule has 2 aromatic heterocycles. The van der Waals surface area contributed by atoms with Gasteiger partial charge in [-0.1, -0.05) is 11.6 Å². The second-order valence-corrected chi connectivity index (χ2v) is 3.09. The number of aromatic carboxylic acids is 1. The number of aromatic nitrogens is 3. The molecule has 0 aliphatic rings. The Morgan fingerprint density at radius 1 is 1.67 bits per heavy atom. The van der Waals surface area contributed by atoms with E-state index in [-0.39, 0.29) is 16.4 Å². The number of ether oxygens (including phenoxy) is 1. The number of carbonyl (C=O) groups is 1. The maximum atomic E-state index is 10.8. The molecular weight excluding hydrogens is 222 g/mol. The Labute approximate surface area is 89.1 Å². The molecule has 0 saturated carbocycles. The van der Waals surface area contributed by atoms with Gasteiger partial charge in [0.2, 0.25) is 0 Å². The molecule has 78 valence electrons. The van der Waals surface area contributed by atoms with Crippen LogP contribution in [0, 0.1) is 0 Å². The lowest BCUT2D eigenvalue weighted by atomic mass is 10.3. The molecule has 2 rings (SSSR count). The van der Waals surface area contributed by atoms with E-state index in [1.54, 1.807) is 0 Å². The number of fused-ring (bicyclic) bond motifs is 1. The Kier molecular flexibility index (Phi) is 2.20. The Balaban J connectivity index is 2.73. The maximum absolute atomic E-state index is 10.8. The van der Waals surface area contributed by atoms with Crippen molar-refractivity contribution in [2.45, 2.75) is 0 Å². The summed E-state index contributed by atoms with van der Waals surface area (Å²) in [5.41, 5.74) is 0.188. The van der Waals surface area contributed by atoms with Crippen molar-refractivity contribution in [2.75, 3.05) is 7.11 Å². The van der Waals surface area contributed by atoms with Crippen molar-refractivity contribution in [3.8, 4) is 5.75 Å². The maximum Gasteiger partial charge on any atom is 0.341 e. The Morgan fingerprint density at radius 3 is 3.00 bits per heavy atom. The molecule has 15 heavy (non-hydrogen) atoms. The second-order valence-electron chi connectivity index (χ2n) is 2.73. The predicted octanol–water partition coefficient (Wildman–Crippen LogP) is 1.09. The fourth-order valence-corrected chi connectivity index (χ4v) is 1.37. The van der Waals surface area contributed by atoms with Gasteiger partial charge < -0.3 is 9.84 Å². The number of halogens is 1. The third-order valence-electron chi connectivity index (χ3n) is 1.87. The minimum Gasteiger partial charge on any atom is -0.492 e. The summed E-state index contributed by atoms with van der Waals surface area (Å²) in [6.07, 6.45) is 2.68. The molecule has 0 unspecified atom stereocenters. The van der Waals surface area contributed by atoms with E-state index < -0.39 is 5.97 Å². The molecule has 0 saturated heterocycles. The summed E-state index contributed by atoms with van der Waals surface area (Å²) in [6.45, 7) is 0. The Hall–Kier alpha value is -1.82. The van der Waals surface area contributed by atoms with Gasteiger partial charge in [-0.05, 0) is 0 Å². The molecule has 0 aliphatic carbocycles. The first-order valence-corrected chi connectivity index (χ1v) is 4.32. The fourth-order valence-electron chi connectivity index (χ4n) is 1.16. The van der Waals surface area contributed by atoms with Crippen LogP contribution in [-0.4, -0.2) is 32.8 Å². The molecule has 0 aliphatic heterocycles. The van der Waals surface area contributed by atoms with Crippen molar-refractivity contribution in [1.82, 2.24) is 14.6 Å². The van der Waals surface area contributed by atoms with Gasteiger partial charge in [0.25, 0.3) is 0 Å². The highest BCUT2D eigenvalue weighted by atomic mass is 35.5. The first kappa shape index (κ1) is 9.72. The smallest absolute Gasteiger partial charge is 0.341 e. The van der Waals surface area contributed by atoms with Crippen LogP contribution in [0.2, 0.25) is 5.15 Å². The number of hydrogen-bond donors (Lipinski definition) is 1. The largest absolute Gasteiger partial charge is 0.492 e. The third-order valence-corrected chi connectivity index (χ3v) is 2.14. The molecule has 2 heterocycles. The number of methoxy groups -OCH3 is 1. The molecule has 7 heteroatoms. The first-order valence-electron chi connectivity index (χ1n) is 3.94. The number of hydrogen-bond acceptors (Lipinski definition) is 4. The zero-order valence-corrected chi connectivity index (χ0v) is 8.39. The van der Waals surface area contributed by atoms with E-state index in [4.69, 9.17) is 21.4 Å². The molecule has 0 radical (unpaired) electrons. The predicted molar refractivity (Wildman–Crippen MR) is 51.5 cm³/mol. The zero-order chi connectivity index (χ0) is 11.0. The number of rotatable bonds is 2. The minimum absolute atomic E-state index is 0.000414. The van der Waals surface area contributed by atoms with Crippen LogP contribution in [0.3, 0.4) is 0 Å². The minimum atomic E-state index is -1.10. The topological polar surface area (TPSA) is 76.7 Å². The third kappa shape index (κ3) is 1.48. The van der Waals surface area contributed by atoms with E-state index in [2.05, 4.69) is 10.1 Å². The van der Waals surface area contributed by atoms with Gasteiger partial charge in [0, 0.05) is 0 Å². The highest BCUT2D eigenvalue weighted by molar-refractivity contribution is 6.31. The van der Waals surface area contributed by atoms with Crippen molar-refractivity contribution in [3.05, 3.63) is 23.1 Å². The lowest BCUT2D eigenvalue weighted by Crippen LogP contribution is -1.99. The number of nitrogens with zero attached hydrogens (tertiary/aromatic N) is 3. The lowest BCUT2D eigenvalue weighted by molar-refractivity contribution is 0.0699. The summed E-state index contributed by atoms with van der Waals surface area (Å²) in [6, 6.07) is 0. The summed E-state index contributed by atoms with van der Waals surface area (Å²) >= 11 is 5.77. The fraction of sp³-hybridized carbons (Fsp3) is 0.125. The standard InChI is InChI=1S/C8H6ClN3O3/c1-15-5-3-12-7(11-6(5)9)4(2-10-12)8(13)14/h2-3H,1H3,(H,13,14). The quantitative estimate of drug-likeness (QED) is 0.777. The van der Waals surface area contributed by atoms with Gasteiger partial charge in [-0.25, -0.2) is 14.3 Å². The SMILES string of the molecule is COc1cn2ncc(C(=O)O)c2nc1Cl. The van der Waals surface area contributed by atoms with Crippen molar-refractivity contribution < 1.29 is 14.6 Å². The van der Waals surface area contributed by atoms with Crippen LogP contribution in [0.25, 0.3) is 5.65 Å². The van der Waals surface area contributed by atoms with Gasteiger partial charge in [-0.3, -0.25) is 0 Å². The normalized spacial score (nSPS) is 10.5. The molecule has 0 spiro atoms. The van der Waals surface area contributed by atoms with Crippen LogP contribution in [0.4, 0.5) is 0 Å². The molecule has 0 fully saturated rings. The number of carboxylic acid groups (broad SMARTS) is 1. The van der Waals surface area contributed by atoms with Crippen LogP contribution in [-0.2, 0) is 0 Å². The van der Waals surface area contributed by atoms with Crippen molar-refractivity contribution in [2.24, 2.45) is 0 Å². The van der Waals surface area contributed by atoms with Gasteiger partial charge in [0.1, 0.15) is 5.56 Å². The Morgan fingerprint density at radius 2 is 2.40 bits per heavy atom. The average molecular weight is 228 g/mol. The van der Waals surface area contributed by atoms with Crippen LogP contribution < -0.4 is 4.74 Å². The van der Waals surface area contributed by atoms with E-state index in [9.17, 15) is 4.79 Å². The summed E-state index contributed by atoms with van der Waals surface area (Å²) < 4.78 is 6.22. The van der Waals surface area contributed by atoms with E-state index >= 15 is 0 Å². The highest BCUT2D eigenvalue weighted by Crippen LogP contribution is 2.22. The Bertz CT molecular complexity index is 537. The van der Waals surface area contributed by atoms with Crippen molar-refractivity contribution in [1.29, 1.82) is 0 Å². The summed E-state index contributed by atoms with van der Waals surface area (Å²) in [7, 11) is 1.44. The highest BCUT2D eigenvalue weighted by Gasteiger charge is 2.14.